The summed E-state index contributed by atoms with van der Waals surface area (Å²) in [5.41, 5.74) is 1.99. The van der Waals surface area contributed by atoms with Crippen molar-refractivity contribution in [3.8, 4) is 11.5 Å². The fourth-order valence-electron chi connectivity index (χ4n) is 4.47. The highest BCUT2D eigenvalue weighted by Crippen LogP contribution is 2.45. The zero-order valence-electron chi connectivity index (χ0n) is 23.0. The maximum absolute atomic E-state index is 13.6. The highest BCUT2D eigenvalue weighted by molar-refractivity contribution is 8.00. The smallest absolute Gasteiger partial charge is 0.301 e. The van der Waals surface area contributed by atoms with Gasteiger partial charge in [0.25, 0.3) is 5.78 Å². The van der Waals surface area contributed by atoms with Crippen molar-refractivity contribution in [2.75, 3.05) is 18.1 Å². The lowest BCUT2D eigenvalue weighted by Crippen LogP contribution is -2.29. The highest BCUT2D eigenvalue weighted by Gasteiger charge is 2.48. The Kier molecular flexibility index (Phi) is 9.46. The maximum atomic E-state index is 13.6. The van der Waals surface area contributed by atoms with Crippen molar-refractivity contribution in [3.05, 3.63) is 100 Å². The maximum Gasteiger partial charge on any atom is 0.301 e. The predicted molar refractivity (Wildman–Crippen MR) is 166 cm³/mol. The van der Waals surface area contributed by atoms with Gasteiger partial charge in [0.1, 0.15) is 5.76 Å². The number of aliphatic hydroxyl groups excluding tert-OH is 1. The second kappa shape index (κ2) is 13.4. The number of aromatic nitrogens is 2. The van der Waals surface area contributed by atoms with E-state index in [4.69, 9.17) is 21.1 Å². The van der Waals surface area contributed by atoms with Crippen LogP contribution in [0.5, 0.6) is 11.5 Å². The summed E-state index contributed by atoms with van der Waals surface area (Å²) >= 11 is 8.66. The molecule has 0 bridgehead atoms. The normalized spacial score (nSPS) is 16.2. The monoisotopic (exact) mass is 621 g/mol. The Morgan fingerprint density at radius 1 is 1.00 bits per heavy atom. The van der Waals surface area contributed by atoms with Crippen LogP contribution in [0, 0.1) is 0 Å². The number of ether oxygens (including phenoxy) is 2. The molecule has 4 aromatic rings. The Balaban J connectivity index is 1.56. The lowest BCUT2D eigenvalue weighted by atomic mass is 9.95. The zero-order chi connectivity index (χ0) is 29.6. The number of hydrogen-bond acceptors (Lipinski definition) is 9. The third-order valence-corrected chi connectivity index (χ3v) is 8.79. The van der Waals surface area contributed by atoms with E-state index >= 15 is 0 Å². The van der Waals surface area contributed by atoms with E-state index in [1.54, 1.807) is 48.5 Å². The number of ketones is 1. The number of carbonyl (C=O) groups excluding carboxylic acids is 2. The van der Waals surface area contributed by atoms with E-state index in [2.05, 4.69) is 10.2 Å². The third-order valence-electron chi connectivity index (χ3n) is 6.41. The summed E-state index contributed by atoms with van der Waals surface area (Å²) < 4.78 is 12.4. The van der Waals surface area contributed by atoms with Crippen molar-refractivity contribution < 1.29 is 24.2 Å². The molecule has 1 saturated heterocycles. The molecule has 1 atom stereocenters. The number of thioether (sulfide) groups is 1. The lowest BCUT2D eigenvalue weighted by molar-refractivity contribution is -0.132. The molecule has 1 amide bonds. The first-order valence-corrected chi connectivity index (χ1v) is 15.6. The standard InChI is InChI=1S/C31H28ClN3O5S2/c1-3-16-40-23-15-12-21(17-24(23)39-4-2)26-25(27(36)20-8-6-5-7-9-20)28(37)29(38)35(26)30-33-34-31(42-30)41-18-19-10-13-22(32)14-11-19/h5-15,17,26,36H,3-4,16,18H2,1-2H3/b27-25+. The summed E-state index contributed by atoms with van der Waals surface area (Å²) in [4.78, 5) is 28.4. The van der Waals surface area contributed by atoms with E-state index in [0.717, 1.165) is 12.0 Å². The molecule has 0 saturated carbocycles. The van der Waals surface area contributed by atoms with Crippen molar-refractivity contribution in [1.29, 1.82) is 0 Å². The first-order valence-electron chi connectivity index (χ1n) is 13.4. The molecule has 1 aliphatic heterocycles. The fraction of sp³-hybridized carbons (Fsp3) is 0.226. The minimum absolute atomic E-state index is 0.0403. The second-order valence-corrected chi connectivity index (χ2v) is 11.9. The molecule has 0 aliphatic carbocycles. The predicted octanol–water partition coefficient (Wildman–Crippen LogP) is 7.30. The summed E-state index contributed by atoms with van der Waals surface area (Å²) in [6, 6.07) is 20.5. The number of nitrogens with zero attached hydrogens (tertiary/aromatic N) is 3. The quantitative estimate of drug-likeness (QED) is 0.0612. The molecule has 3 aromatic carbocycles. The first-order chi connectivity index (χ1) is 20.4. The van der Waals surface area contributed by atoms with E-state index in [9.17, 15) is 14.7 Å². The molecule has 1 fully saturated rings. The molecule has 1 unspecified atom stereocenters. The van der Waals surface area contributed by atoms with Crippen LogP contribution >= 0.6 is 34.7 Å². The van der Waals surface area contributed by atoms with Crippen LogP contribution in [0.15, 0.2) is 82.7 Å². The van der Waals surface area contributed by atoms with Gasteiger partial charge in [-0.05, 0) is 48.7 Å². The molecule has 0 spiro atoms. The largest absolute Gasteiger partial charge is 0.507 e. The van der Waals surface area contributed by atoms with Gasteiger partial charge in [-0.25, -0.2) is 0 Å². The molecule has 5 rings (SSSR count). The Hall–Kier alpha value is -3.86. The number of anilines is 1. The molecule has 11 heteroatoms. The van der Waals surface area contributed by atoms with Gasteiger partial charge >= 0.3 is 5.91 Å². The van der Waals surface area contributed by atoms with Gasteiger partial charge in [0.2, 0.25) is 5.13 Å². The second-order valence-electron chi connectivity index (χ2n) is 9.29. The number of aliphatic hydroxyl groups is 1. The minimum atomic E-state index is -0.966. The molecule has 0 radical (unpaired) electrons. The average Bonchev–Trinajstić information content (AvgIpc) is 3.58. The Morgan fingerprint density at radius 2 is 1.76 bits per heavy atom. The number of Topliss-reactive ketones (excluding diaryl/α,β-unsaturated/α-hetero) is 1. The highest BCUT2D eigenvalue weighted by atomic mass is 35.5. The molecule has 1 N–H and O–H groups in total. The van der Waals surface area contributed by atoms with Crippen molar-refractivity contribution >= 4 is 57.3 Å². The Labute approximate surface area is 257 Å². The van der Waals surface area contributed by atoms with Gasteiger partial charge in [-0.3, -0.25) is 14.5 Å². The number of halogens is 1. The van der Waals surface area contributed by atoms with Gasteiger partial charge in [0, 0.05) is 16.3 Å². The zero-order valence-corrected chi connectivity index (χ0v) is 25.3. The summed E-state index contributed by atoms with van der Waals surface area (Å²) in [6.45, 7) is 4.77. The Bertz CT molecular complexity index is 1610. The van der Waals surface area contributed by atoms with Crippen molar-refractivity contribution in [2.45, 2.75) is 36.4 Å². The van der Waals surface area contributed by atoms with Gasteiger partial charge < -0.3 is 14.6 Å². The minimum Gasteiger partial charge on any atom is -0.507 e. The topological polar surface area (TPSA) is 102 Å². The molecule has 1 aromatic heterocycles. The van der Waals surface area contributed by atoms with Crippen LogP contribution in [0.25, 0.3) is 5.76 Å². The van der Waals surface area contributed by atoms with E-state index in [1.807, 2.05) is 38.1 Å². The number of amides is 1. The van der Waals surface area contributed by atoms with E-state index in [0.29, 0.717) is 51.0 Å². The summed E-state index contributed by atoms with van der Waals surface area (Å²) in [5.74, 6) is -0.223. The Morgan fingerprint density at radius 3 is 2.48 bits per heavy atom. The molecular formula is C31H28ClN3O5S2. The van der Waals surface area contributed by atoms with Crippen molar-refractivity contribution in [2.24, 2.45) is 0 Å². The van der Waals surface area contributed by atoms with Crippen LogP contribution in [0.2, 0.25) is 5.02 Å². The van der Waals surface area contributed by atoms with E-state index in [1.165, 1.54) is 28.0 Å². The van der Waals surface area contributed by atoms with Crippen LogP contribution in [0.3, 0.4) is 0 Å². The molecule has 8 nitrogen and oxygen atoms in total. The molecule has 216 valence electrons. The molecule has 2 heterocycles. The first kappa shape index (κ1) is 29.6. The van der Waals surface area contributed by atoms with Gasteiger partial charge in [0.05, 0.1) is 24.8 Å². The van der Waals surface area contributed by atoms with Gasteiger partial charge in [-0.15, -0.1) is 10.2 Å². The molecule has 42 heavy (non-hydrogen) atoms. The SMILES string of the molecule is CCCOc1ccc(C2/C(=C(\O)c3ccccc3)C(=O)C(=O)N2c2nnc(SCc3ccc(Cl)cc3)s2)cc1OCC. The van der Waals surface area contributed by atoms with Gasteiger partial charge in [-0.2, -0.15) is 0 Å². The van der Waals surface area contributed by atoms with E-state index in [-0.39, 0.29) is 16.5 Å². The van der Waals surface area contributed by atoms with Crippen LogP contribution in [0.1, 0.15) is 43.0 Å². The molecular weight excluding hydrogens is 594 g/mol. The molecule has 1 aliphatic rings. The average molecular weight is 622 g/mol. The number of rotatable bonds is 11. The number of benzene rings is 3. The summed E-state index contributed by atoms with van der Waals surface area (Å²) in [6.07, 6.45) is 0.819. The number of carbonyl (C=O) groups is 2. The van der Waals surface area contributed by atoms with Crippen LogP contribution in [-0.2, 0) is 15.3 Å². The third kappa shape index (κ3) is 6.30. The van der Waals surface area contributed by atoms with Gasteiger partial charge in [-0.1, -0.05) is 90.2 Å². The van der Waals surface area contributed by atoms with E-state index < -0.39 is 17.7 Å². The summed E-state index contributed by atoms with van der Waals surface area (Å²) in [7, 11) is 0. The van der Waals surface area contributed by atoms with Crippen LogP contribution < -0.4 is 14.4 Å². The van der Waals surface area contributed by atoms with Crippen LogP contribution in [-0.4, -0.2) is 40.2 Å². The van der Waals surface area contributed by atoms with Crippen molar-refractivity contribution in [3.63, 3.8) is 0 Å². The van der Waals surface area contributed by atoms with Crippen LogP contribution in [0.4, 0.5) is 5.13 Å². The summed E-state index contributed by atoms with van der Waals surface area (Å²) in [5, 5.41) is 20.8. The number of hydrogen-bond donors (Lipinski definition) is 1. The van der Waals surface area contributed by atoms with Crippen molar-refractivity contribution in [1.82, 2.24) is 10.2 Å². The lowest BCUT2D eigenvalue weighted by Gasteiger charge is -2.23. The fourth-order valence-corrected chi connectivity index (χ4v) is 6.42. The van der Waals surface area contributed by atoms with Gasteiger partial charge in [0.15, 0.2) is 15.8 Å².